The van der Waals surface area contributed by atoms with Gasteiger partial charge in [-0.2, -0.15) is 5.26 Å². The van der Waals surface area contributed by atoms with Crippen molar-refractivity contribution in [2.45, 2.75) is 13.0 Å². The van der Waals surface area contributed by atoms with Crippen LogP contribution in [0.25, 0.3) is 0 Å². The molecule has 0 aliphatic rings. The number of hydrogen-bond acceptors (Lipinski definition) is 4. The van der Waals surface area contributed by atoms with Gasteiger partial charge in [0.2, 0.25) is 0 Å². The third kappa shape index (κ3) is 4.57. The Balaban J connectivity index is 2.01. The minimum atomic E-state index is -1.01. The molecule has 0 saturated carbocycles. The highest BCUT2D eigenvalue weighted by Crippen LogP contribution is 2.22. The van der Waals surface area contributed by atoms with Gasteiger partial charge in [-0.25, -0.2) is 4.79 Å². The first kappa shape index (κ1) is 18.0. The molecule has 0 heterocycles. The van der Waals surface area contributed by atoms with Gasteiger partial charge >= 0.3 is 5.97 Å². The molecule has 2 aromatic rings. The van der Waals surface area contributed by atoms with E-state index in [0.29, 0.717) is 15.7 Å². The smallest absolute Gasteiger partial charge is 0.340 e. The number of nitrogens with one attached hydrogen (secondary N) is 1. The summed E-state index contributed by atoms with van der Waals surface area (Å²) >= 11 is 9.21. The van der Waals surface area contributed by atoms with Gasteiger partial charge < -0.3 is 10.1 Å². The summed E-state index contributed by atoms with van der Waals surface area (Å²) in [5.74, 6) is -1.18. The van der Waals surface area contributed by atoms with Crippen LogP contribution in [0.4, 0.5) is 5.69 Å². The van der Waals surface area contributed by atoms with E-state index in [1.807, 2.05) is 6.07 Å². The zero-order valence-corrected chi connectivity index (χ0v) is 14.9. The van der Waals surface area contributed by atoms with Crippen molar-refractivity contribution in [1.82, 2.24) is 0 Å². The molecule has 24 heavy (non-hydrogen) atoms. The molecule has 0 spiro atoms. The van der Waals surface area contributed by atoms with Crippen LogP contribution in [0.5, 0.6) is 0 Å². The van der Waals surface area contributed by atoms with Crippen molar-refractivity contribution in [3.63, 3.8) is 0 Å². The summed E-state index contributed by atoms with van der Waals surface area (Å²) in [4.78, 5) is 24.2. The normalized spacial score (nSPS) is 11.2. The maximum atomic E-state index is 12.1. The van der Waals surface area contributed by atoms with Gasteiger partial charge in [-0.15, -0.1) is 0 Å². The second kappa shape index (κ2) is 7.95. The lowest BCUT2D eigenvalue weighted by Crippen LogP contribution is -2.30. The Labute approximate surface area is 152 Å². The number of esters is 1. The van der Waals surface area contributed by atoms with Gasteiger partial charge in [-0.3, -0.25) is 4.79 Å². The third-order valence-corrected chi connectivity index (χ3v) is 3.91. The zero-order chi connectivity index (χ0) is 17.7. The molecule has 0 saturated heterocycles. The molecule has 0 radical (unpaired) electrons. The number of anilines is 1. The standard InChI is InChI=1S/C17H12BrClN2O3/c1-10(16(22)21-13-5-2-11(9-20)3-6-13)24-17(23)14-8-12(18)4-7-15(14)19/h2-8,10H,1H3,(H,21,22). The fourth-order valence-corrected chi connectivity index (χ4v) is 2.36. The Morgan fingerprint density at radius 2 is 1.92 bits per heavy atom. The highest BCUT2D eigenvalue weighted by molar-refractivity contribution is 9.10. The number of hydrogen-bond donors (Lipinski definition) is 1. The van der Waals surface area contributed by atoms with Crippen LogP contribution >= 0.6 is 27.5 Å². The number of carbonyl (C=O) groups is 2. The van der Waals surface area contributed by atoms with Crippen LogP contribution in [-0.4, -0.2) is 18.0 Å². The fraction of sp³-hybridized carbons (Fsp3) is 0.118. The van der Waals surface area contributed by atoms with E-state index in [1.165, 1.54) is 13.0 Å². The number of nitrogens with zero attached hydrogens (tertiary/aromatic N) is 1. The minimum absolute atomic E-state index is 0.170. The quantitative estimate of drug-likeness (QED) is 0.772. The molecule has 2 rings (SSSR count). The van der Waals surface area contributed by atoms with Crippen molar-refractivity contribution in [3.8, 4) is 6.07 Å². The molecule has 0 aliphatic heterocycles. The van der Waals surface area contributed by atoms with Gasteiger partial charge in [0.25, 0.3) is 5.91 Å². The molecule has 2 aromatic carbocycles. The summed E-state index contributed by atoms with van der Waals surface area (Å²) in [6, 6.07) is 13.1. The largest absolute Gasteiger partial charge is 0.449 e. The van der Waals surface area contributed by atoms with Crippen LogP contribution < -0.4 is 5.32 Å². The van der Waals surface area contributed by atoms with Crippen LogP contribution in [0, 0.1) is 11.3 Å². The molecule has 0 fully saturated rings. The molecular formula is C17H12BrClN2O3. The third-order valence-electron chi connectivity index (χ3n) is 3.08. The van der Waals surface area contributed by atoms with Gasteiger partial charge in [0.15, 0.2) is 6.10 Å². The lowest BCUT2D eigenvalue weighted by Gasteiger charge is -2.14. The number of amides is 1. The van der Waals surface area contributed by atoms with Crippen molar-refractivity contribution in [1.29, 1.82) is 5.26 Å². The second-order valence-electron chi connectivity index (χ2n) is 4.85. The lowest BCUT2D eigenvalue weighted by atomic mass is 10.2. The molecule has 1 unspecified atom stereocenters. The van der Waals surface area contributed by atoms with Crippen molar-refractivity contribution in [2.24, 2.45) is 0 Å². The lowest BCUT2D eigenvalue weighted by molar-refractivity contribution is -0.123. The van der Waals surface area contributed by atoms with Crippen LogP contribution in [0.1, 0.15) is 22.8 Å². The van der Waals surface area contributed by atoms with Crippen LogP contribution in [-0.2, 0) is 9.53 Å². The Kier molecular flexibility index (Phi) is 5.96. The number of carbonyl (C=O) groups excluding carboxylic acids is 2. The fourth-order valence-electron chi connectivity index (χ4n) is 1.80. The van der Waals surface area contributed by atoms with Crippen molar-refractivity contribution >= 4 is 45.1 Å². The van der Waals surface area contributed by atoms with E-state index in [1.54, 1.807) is 36.4 Å². The first-order valence-corrected chi connectivity index (χ1v) is 8.05. The van der Waals surface area contributed by atoms with E-state index in [9.17, 15) is 9.59 Å². The molecule has 0 bridgehead atoms. The van der Waals surface area contributed by atoms with E-state index in [-0.39, 0.29) is 10.6 Å². The summed E-state index contributed by atoms with van der Waals surface area (Å²) in [6.07, 6.45) is -1.01. The van der Waals surface area contributed by atoms with Gasteiger partial charge in [0, 0.05) is 10.2 Å². The molecule has 0 aliphatic carbocycles. The number of nitriles is 1. The predicted molar refractivity (Wildman–Crippen MR) is 93.8 cm³/mol. The second-order valence-corrected chi connectivity index (χ2v) is 6.17. The SMILES string of the molecule is CC(OC(=O)c1cc(Br)ccc1Cl)C(=O)Nc1ccc(C#N)cc1. The number of rotatable bonds is 4. The van der Waals surface area contributed by atoms with Gasteiger partial charge in [0.05, 0.1) is 22.2 Å². The topological polar surface area (TPSA) is 79.2 Å². The highest BCUT2D eigenvalue weighted by atomic mass is 79.9. The van der Waals surface area contributed by atoms with Crippen LogP contribution in [0.3, 0.4) is 0 Å². The molecule has 0 aromatic heterocycles. The van der Waals surface area contributed by atoms with Crippen molar-refractivity contribution < 1.29 is 14.3 Å². The summed E-state index contributed by atoms with van der Waals surface area (Å²) in [5, 5.41) is 11.6. The van der Waals surface area contributed by atoms with Gasteiger partial charge in [-0.1, -0.05) is 27.5 Å². The summed E-state index contributed by atoms with van der Waals surface area (Å²) in [6.45, 7) is 1.46. The molecule has 5 nitrogen and oxygen atoms in total. The number of halogens is 2. The summed E-state index contributed by atoms with van der Waals surface area (Å²) in [7, 11) is 0. The first-order valence-electron chi connectivity index (χ1n) is 6.88. The van der Waals surface area contributed by atoms with Gasteiger partial charge in [0.1, 0.15) is 0 Å². The van der Waals surface area contributed by atoms with E-state index in [2.05, 4.69) is 21.2 Å². The maximum Gasteiger partial charge on any atom is 0.340 e. The van der Waals surface area contributed by atoms with E-state index in [4.69, 9.17) is 21.6 Å². The summed E-state index contributed by atoms with van der Waals surface area (Å²) in [5.41, 5.74) is 1.16. The average molecular weight is 408 g/mol. The number of ether oxygens (including phenoxy) is 1. The number of benzene rings is 2. The van der Waals surface area contributed by atoms with Crippen LogP contribution in [0.15, 0.2) is 46.9 Å². The Bertz CT molecular complexity index is 816. The van der Waals surface area contributed by atoms with Crippen LogP contribution in [0.2, 0.25) is 5.02 Å². The highest BCUT2D eigenvalue weighted by Gasteiger charge is 2.21. The van der Waals surface area contributed by atoms with Crippen molar-refractivity contribution in [2.75, 3.05) is 5.32 Å². The van der Waals surface area contributed by atoms with Crippen molar-refractivity contribution in [3.05, 3.63) is 63.1 Å². The Morgan fingerprint density at radius 1 is 1.25 bits per heavy atom. The molecular weight excluding hydrogens is 396 g/mol. The van der Waals surface area contributed by atoms with Gasteiger partial charge in [-0.05, 0) is 49.4 Å². The molecule has 1 atom stereocenters. The average Bonchev–Trinajstić information content (AvgIpc) is 2.57. The Hall–Kier alpha value is -2.36. The Morgan fingerprint density at radius 3 is 2.54 bits per heavy atom. The van der Waals surface area contributed by atoms with E-state index < -0.39 is 18.0 Å². The van der Waals surface area contributed by atoms with E-state index in [0.717, 1.165) is 0 Å². The molecule has 122 valence electrons. The zero-order valence-electron chi connectivity index (χ0n) is 12.5. The predicted octanol–water partition coefficient (Wildman–Crippen LogP) is 4.16. The molecule has 7 heteroatoms. The maximum absolute atomic E-state index is 12.1. The monoisotopic (exact) mass is 406 g/mol. The minimum Gasteiger partial charge on any atom is -0.449 e. The summed E-state index contributed by atoms with van der Waals surface area (Å²) < 4.78 is 5.82. The molecule has 1 amide bonds. The first-order chi connectivity index (χ1) is 11.4. The van der Waals surface area contributed by atoms with E-state index >= 15 is 0 Å². The molecule has 1 N–H and O–H groups in total.